The predicted octanol–water partition coefficient (Wildman–Crippen LogP) is 4.90. The normalized spacial score (nSPS) is 10.8. The lowest BCUT2D eigenvalue weighted by Crippen LogP contribution is -2.23. The van der Waals surface area contributed by atoms with Gasteiger partial charge >= 0.3 is 0 Å². The molecule has 0 aliphatic heterocycles. The molecule has 0 aliphatic rings. The summed E-state index contributed by atoms with van der Waals surface area (Å²) in [5, 5.41) is 7.35. The van der Waals surface area contributed by atoms with Gasteiger partial charge in [-0.15, -0.1) is 0 Å². The molecule has 0 unspecified atom stereocenters. The maximum absolute atomic E-state index is 14.3. The number of aromatic nitrogens is 3. The molecule has 8 heteroatoms. The summed E-state index contributed by atoms with van der Waals surface area (Å²) in [7, 11) is 0. The van der Waals surface area contributed by atoms with E-state index < -0.39 is 5.82 Å². The number of pyridine rings is 1. The number of hydrogen-bond acceptors (Lipinski definition) is 4. The van der Waals surface area contributed by atoms with Crippen LogP contribution in [0.3, 0.4) is 0 Å². The average Bonchev–Trinajstić information content (AvgIpc) is 3.13. The molecule has 0 saturated heterocycles. The molecule has 2 heterocycles. The van der Waals surface area contributed by atoms with Crippen molar-refractivity contribution in [2.45, 2.75) is 26.3 Å². The van der Waals surface area contributed by atoms with Crippen LogP contribution in [0.4, 0.5) is 8.78 Å². The average molecular weight is 448 g/mol. The van der Waals surface area contributed by atoms with Crippen LogP contribution in [0.2, 0.25) is 0 Å². The third-order valence-electron chi connectivity index (χ3n) is 5.05. The van der Waals surface area contributed by atoms with E-state index in [4.69, 9.17) is 4.74 Å². The minimum Gasteiger partial charge on any atom is -0.436 e. The van der Waals surface area contributed by atoms with Crippen LogP contribution in [0, 0.1) is 18.6 Å². The van der Waals surface area contributed by atoms with Crippen molar-refractivity contribution < 1.29 is 18.3 Å². The first kappa shape index (κ1) is 22.1. The third kappa shape index (κ3) is 5.41. The Hall–Kier alpha value is -4.07. The summed E-state index contributed by atoms with van der Waals surface area (Å²) >= 11 is 0. The van der Waals surface area contributed by atoms with Gasteiger partial charge in [-0.2, -0.15) is 5.10 Å². The molecule has 0 fully saturated rings. The van der Waals surface area contributed by atoms with Crippen LogP contribution in [0.1, 0.15) is 23.4 Å². The number of nitrogens with zero attached hydrogens (tertiary/aromatic N) is 3. The molecular formula is C25H22F2N4O2. The van der Waals surface area contributed by atoms with Crippen LogP contribution < -0.4 is 10.1 Å². The number of nitrogens with one attached hydrogen (secondary N) is 1. The fourth-order valence-corrected chi connectivity index (χ4v) is 3.34. The second kappa shape index (κ2) is 10.0. The van der Waals surface area contributed by atoms with Gasteiger partial charge in [0.1, 0.15) is 5.82 Å². The molecule has 0 spiro atoms. The molecule has 1 amide bonds. The van der Waals surface area contributed by atoms with Gasteiger partial charge in [-0.3, -0.25) is 9.78 Å². The second-order valence-electron chi connectivity index (χ2n) is 7.39. The lowest BCUT2D eigenvalue weighted by Gasteiger charge is -2.12. The van der Waals surface area contributed by atoms with Gasteiger partial charge < -0.3 is 10.1 Å². The number of carbonyl (C=O) groups excluding carboxylic acids is 1. The summed E-state index contributed by atoms with van der Waals surface area (Å²) < 4.78 is 35.2. The molecule has 1 N–H and O–H groups in total. The number of aryl methyl sites for hydroxylation is 1. The first-order valence-corrected chi connectivity index (χ1v) is 10.4. The Balaban J connectivity index is 1.57. The zero-order valence-corrected chi connectivity index (χ0v) is 18.0. The minimum atomic E-state index is -0.527. The van der Waals surface area contributed by atoms with Crippen molar-refractivity contribution in [2.75, 3.05) is 0 Å². The molecule has 0 saturated carbocycles. The Kier molecular flexibility index (Phi) is 6.73. The van der Waals surface area contributed by atoms with Gasteiger partial charge in [-0.05, 0) is 61.9 Å². The van der Waals surface area contributed by atoms with Crippen LogP contribution in [-0.2, 0) is 17.8 Å². The van der Waals surface area contributed by atoms with Gasteiger partial charge in [0.2, 0.25) is 11.8 Å². The molecule has 4 aromatic rings. The van der Waals surface area contributed by atoms with Gasteiger partial charge in [-0.1, -0.05) is 18.2 Å². The van der Waals surface area contributed by atoms with Crippen LogP contribution in [0.25, 0.3) is 5.69 Å². The summed E-state index contributed by atoms with van der Waals surface area (Å²) in [5.41, 5.74) is 2.60. The van der Waals surface area contributed by atoms with E-state index in [0.717, 1.165) is 5.69 Å². The van der Waals surface area contributed by atoms with Gasteiger partial charge in [0.05, 0.1) is 23.6 Å². The number of hydrogen-bond donors (Lipinski definition) is 1. The highest BCUT2D eigenvalue weighted by atomic mass is 19.1. The monoisotopic (exact) mass is 448 g/mol. The standard InChI is InChI=1S/C25H22F2N4O2/c1-17-21(13-14-24(32)29-16-19-6-4-5-15-28-19)25(33-23-8-3-2-7-22(23)27)31(30-17)20-11-9-18(26)10-12-20/h2-12,15H,13-14,16H2,1H3,(H,29,32). The van der Waals surface area contributed by atoms with Crippen molar-refractivity contribution in [2.24, 2.45) is 0 Å². The largest absolute Gasteiger partial charge is 0.436 e. The van der Waals surface area contributed by atoms with Crippen LogP contribution in [-0.4, -0.2) is 20.7 Å². The molecule has 2 aromatic heterocycles. The van der Waals surface area contributed by atoms with Crippen molar-refractivity contribution in [3.05, 3.63) is 102 Å². The van der Waals surface area contributed by atoms with Crippen molar-refractivity contribution >= 4 is 5.91 Å². The van der Waals surface area contributed by atoms with E-state index in [1.54, 1.807) is 37.4 Å². The van der Waals surface area contributed by atoms with E-state index >= 15 is 0 Å². The highest BCUT2D eigenvalue weighted by Gasteiger charge is 2.21. The SMILES string of the molecule is Cc1nn(-c2ccc(F)cc2)c(Oc2ccccc2F)c1CCC(=O)NCc1ccccn1. The summed E-state index contributed by atoms with van der Waals surface area (Å²) in [4.78, 5) is 16.6. The van der Waals surface area contributed by atoms with Crippen LogP contribution >= 0.6 is 0 Å². The number of ether oxygens (including phenoxy) is 1. The molecule has 0 bridgehead atoms. The minimum absolute atomic E-state index is 0.0293. The van der Waals surface area contributed by atoms with Gasteiger partial charge in [0, 0.05) is 18.2 Å². The van der Waals surface area contributed by atoms with E-state index in [1.807, 2.05) is 18.2 Å². The lowest BCUT2D eigenvalue weighted by atomic mass is 10.1. The van der Waals surface area contributed by atoms with Gasteiger partial charge in [0.25, 0.3) is 0 Å². The quantitative estimate of drug-likeness (QED) is 0.417. The van der Waals surface area contributed by atoms with E-state index in [9.17, 15) is 13.6 Å². The van der Waals surface area contributed by atoms with Crippen LogP contribution in [0.15, 0.2) is 72.9 Å². The predicted molar refractivity (Wildman–Crippen MR) is 119 cm³/mol. The molecule has 0 radical (unpaired) electrons. The molecule has 4 rings (SSSR count). The third-order valence-corrected chi connectivity index (χ3v) is 5.05. The van der Waals surface area contributed by atoms with E-state index in [0.29, 0.717) is 29.9 Å². The summed E-state index contributed by atoms with van der Waals surface area (Å²) in [6.07, 6.45) is 2.17. The number of carbonyl (C=O) groups is 1. The zero-order chi connectivity index (χ0) is 23.2. The lowest BCUT2D eigenvalue weighted by molar-refractivity contribution is -0.121. The van der Waals surface area contributed by atoms with Gasteiger partial charge in [-0.25, -0.2) is 13.5 Å². The van der Waals surface area contributed by atoms with Gasteiger partial charge in [0.15, 0.2) is 11.6 Å². The fraction of sp³-hybridized carbons (Fsp3) is 0.160. The van der Waals surface area contributed by atoms with Crippen molar-refractivity contribution in [1.29, 1.82) is 0 Å². The van der Waals surface area contributed by atoms with E-state index in [2.05, 4.69) is 15.4 Å². The molecule has 33 heavy (non-hydrogen) atoms. The molecule has 0 aliphatic carbocycles. The molecular weight excluding hydrogens is 426 g/mol. The van der Waals surface area contributed by atoms with Crippen molar-refractivity contribution in [3.8, 4) is 17.3 Å². The smallest absolute Gasteiger partial charge is 0.226 e. The first-order valence-electron chi connectivity index (χ1n) is 10.4. The Morgan fingerprint density at radius 2 is 1.79 bits per heavy atom. The summed E-state index contributed by atoms with van der Waals surface area (Å²) in [5.74, 6) is -0.764. The first-order chi connectivity index (χ1) is 16.0. The second-order valence-corrected chi connectivity index (χ2v) is 7.39. The number of rotatable bonds is 8. The number of halogens is 2. The molecule has 6 nitrogen and oxygen atoms in total. The molecule has 0 atom stereocenters. The maximum atomic E-state index is 14.3. The Labute approximate surface area is 189 Å². The maximum Gasteiger partial charge on any atom is 0.226 e. The number of benzene rings is 2. The summed E-state index contributed by atoms with van der Waals surface area (Å²) in [6.45, 7) is 2.11. The molecule has 168 valence electrons. The van der Waals surface area contributed by atoms with Crippen LogP contribution in [0.5, 0.6) is 11.6 Å². The van der Waals surface area contributed by atoms with Crippen molar-refractivity contribution in [1.82, 2.24) is 20.1 Å². The van der Waals surface area contributed by atoms with Crippen molar-refractivity contribution in [3.63, 3.8) is 0 Å². The van der Waals surface area contributed by atoms with E-state index in [-0.39, 0.29) is 29.8 Å². The summed E-state index contributed by atoms with van der Waals surface area (Å²) in [6, 6.07) is 17.3. The van der Waals surface area contributed by atoms with E-state index in [1.165, 1.54) is 28.9 Å². The Morgan fingerprint density at radius 1 is 1.03 bits per heavy atom. The fourth-order valence-electron chi connectivity index (χ4n) is 3.34. The highest BCUT2D eigenvalue weighted by molar-refractivity contribution is 5.76. The highest BCUT2D eigenvalue weighted by Crippen LogP contribution is 2.32. The topological polar surface area (TPSA) is 69.0 Å². The number of para-hydroxylation sites is 1. The Bertz CT molecular complexity index is 1240. The Morgan fingerprint density at radius 3 is 2.52 bits per heavy atom. The molecule has 2 aromatic carbocycles. The zero-order valence-electron chi connectivity index (χ0n) is 18.0. The number of amides is 1.